The van der Waals surface area contributed by atoms with Crippen molar-refractivity contribution in [1.29, 1.82) is 0 Å². The molecule has 158 valence electrons. The Morgan fingerprint density at radius 1 is 1.00 bits per heavy atom. The predicted molar refractivity (Wildman–Crippen MR) is 116 cm³/mol. The zero-order chi connectivity index (χ0) is 19.8. The lowest BCUT2D eigenvalue weighted by Gasteiger charge is -2.29. The van der Waals surface area contributed by atoms with E-state index in [-0.39, 0.29) is 24.3 Å². The summed E-state index contributed by atoms with van der Waals surface area (Å²) in [5.74, 6) is 2.77. The molecule has 8 heteroatoms. The van der Waals surface area contributed by atoms with Gasteiger partial charge in [-0.15, -0.1) is 22.6 Å². The van der Waals surface area contributed by atoms with Crippen LogP contribution in [0.5, 0.6) is 5.75 Å². The summed E-state index contributed by atoms with van der Waals surface area (Å²) in [6, 6.07) is 12.2. The Kier molecular flexibility index (Phi) is 6.27. The number of halogens is 3. The van der Waals surface area contributed by atoms with Crippen molar-refractivity contribution in [3.05, 3.63) is 70.5 Å². The van der Waals surface area contributed by atoms with Crippen LogP contribution in [0.2, 0.25) is 5.02 Å². The normalized spacial score (nSPS) is 20.5. The third kappa shape index (κ3) is 4.17. The molecule has 1 aliphatic heterocycles. The van der Waals surface area contributed by atoms with Crippen molar-refractivity contribution in [2.45, 2.75) is 50.8 Å². The Bertz CT molecular complexity index is 1020. The molecule has 1 aromatic heterocycles. The zero-order valence-corrected chi connectivity index (χ0v) is 17.9. The Labute approximate surface area is 186 Å². The van der Waals surface area contributed by atoms with Gasteiger partial charge in [0.05, 0.1) is 18.3 Å². The summed E-state index contributed by atoms with van der Waals surface area (Å²) < 4.78 is 21.3. The fourth-order valence-electron chi connectivity index (χ4n) is 4.34. The lowest BCUT2D eigenvalue weighted by Crippen LogP contribution is -2.25. The monoisotopic (exact) mass is 448 g/mol. The van der Waals surface area contributed by atoms with E-state index in [2.05, 4.69) is 26.1 Å². The van der Waals surface area contributed by atoms with Gasteiger partial charge in [-0.25, -0.2) is 4.39 Å². The van der Waals surface area contributed by atoms with Crippen LogP contribution in [0.3, 0.4) is 0 Å². The highest BCUT2D eigenvalue weighted by molar-refractivity contribution is 6.30. The molecule has 0 atom stereocenters. The maximum absolute atomic E-state index is 13.1. The highest BCUT2D eigenvalue weighted by Gasteiger charge is 2.30. The molecule has 1 aliphatic carbocycles. The molecule has 1 saturated carbocycles. The first-order valence-corrected chi connectivity index (χ1v) is 10.4. The van der Waals surface area contributed by atoms with E-state index >= 15 is 0 Å². The number of ether oxygens (including phenoxy) is 1. The molecule has 0 amide bonds. The average molecular weight is 449 g/mol. The molecule has 30 heavy (non-hydrogen) atoms. The van der Waals surface area contributed by atoms with Gasteiger partial charge in [-0.05, 0) is 73.7 Å². The van der Waals surface area contributed by atoms with Crippen LogP contribution in [0.25, 0.3) is 5.69 Å². The van der Waals surface area contributed by atoms with Gasteiger partial charge in [-0.1, -0.05) is 11.6 Å². The first kappa shape index (κ1) is 21.1. The Hall–Kier alpha value is -2.15. The van der Waals surface area contributed by atoms with E-state index in [1.807, 2.05) is 12.1 Å². The minimum absolute atomic E-state index is 0. The van der Waals surface area contributed by atoms with Crippen molar-refractivity contribution in [3.8, 4) is 11.4 Å². The van der Waals surface area contributed by atoms with Gasteiger partial charge >= 0.3 is 0 Å². The van der Waals surface area contributed by atoms with E-state index in [9.17, 15) is 4.39 Å². The minimum atomic E-state index is -0.246. The largest absolute Gasteiger partial charge is 0.490 e. The molecule has 5 rings (SSSR count). The zero-order valence-electron chi connectivity index (χ0n) is 16.4. The van der Waals surface area contributed by atoms with Gasteiger partial charge in [0.2, 0.25) is 0 Å². The first-order chi connectivity index (χ1) is 14.2. The third-order valence-corrected chi connectivity index (χ3v) is 6.03. The van der Waals surface area contributed by atoms with Gasteiger partial charge in [0.15, 0.2) is 5.82 Å². The minimum Gasteiger partial charge on any atom is -0.490 e. The van der Waals surface area contributed by atoms with Gasteiger partial charge in [-0.2, -0.15) is 0 Å². The maximum atomic E-state index is 13.1. The van der Waals surface area contributed by atoms with Crippen LogP contribution in [-0.2, 0) is 13.1 Å². The molecule has 2 heterocycles. The standard InChI is InChI=1S/C22H22ClFN4O.ClH/c23-16-3-10-20-15(11-16)12-25-13-21-26-27-22(28(20)21)14-1-6-18(7-2-14)29-19-8-4-17(24)5-9-19;/h3-5,8-11,14,18,25H,1-2,6-7,12-13H2;1H/t14-,18-;. The summed E-state index contributed by atoms with van der Waals surface area (Å²) in [5.41, 5.74) is 2.27. The van der Waals surface area contributed by atoms with Crippen molar-refractivity contribution in [2.24, 2.45) is 0 Å². The lowest BCUT2D eigenvalue weighted by molar-refractivity contribution is 0.144. The second kappa shape index (κ2) is 8.92. The highest BCUT2D eigenvalue weighted by Crippen LogP contribution is 2.36. The predicted octanol–water partition coefficient (Wildman–Crippen LogP) is 5.19. The van der Waals surface area contributed by atoms with Crippen LogP contribution in [0.4, 0.5) is 4.39 Å². The fourth-order valence-corrected chi connectivity index (χ4v) is 4.53. The summed E-state index contributed by atoms with van der Waals surface area (Å²) in [7, 11) is 0. The van der Waals surface area contributed by atoms with Gasteiger partial charge in [0.1, 0.15) is 17.4 Å². The molecular weight excluding hydrogens is 426 g/mol. The van der Waals surface area contributed by atoms with Crippen LogP contribution in [-0.4, -0.2) is 20.9 Å². The van der Waals surface area contributed by atoms with E-state index in [1.54, 1.807) is 12.1 Å². The van der Waals surface area contributed by atoms with Crippen molar-refractivity contribution in [1.82, 2.24) is 20.1 Å². The number of benzene rings is 2. The Morgan fingerprint density at radius 2 is 1.77 bits per heavy atom. The summed E-state index contributed by atoms with van der Waals surface area (Å²) in [6.07, 6.45) is 4.00. The van der Waals surface area contributed by atoms with E-state index in [0.29, 0.717) is 12.5 Å². The quantitative estimate of drug-likeness (QED) is 0.598. The number of aromatic nitrogens is 3. The molecule has 2 aromatic carbocycles. The van der Waals surface area contributed by atoms with Crippen molar-refractivity contribution in [2.75, 3.05) is 0 Å². The van der Waals surface area contributed by atoms with Crippen molar-refractivity contribution < 1.29 is 9.13 Å². The fraction of sp³-hybridized carbons (Fsp3) is 0.364. The number of fused-ring (bicyclic) bond motifs is 3. The van der Waals surface area contributed by atoms with Crippen molar-refractivity contribution in [3.63, 3.8) is 0 Å². The van der Waals surface area contributed by atoms with Crippen LogP contribution in [0, 0.1) is 5.82 Å². The Balaban J connectivity index is 0.00000218. The molecular formula is C22H23Cl2FN4O. The maximum Gasteiger partial charge on any atom is 0.151 e. The molecule has 3 aromatic rings. The van der Waals surface area contributed by atoms with E-state index in [0.717, 1.165) is 65.9 Å². The van der Waals surface area contributed by atoms with Crippen molar-refractivity contribution >= 4 is 24.0 Å². The SMILES string of the molecule is Cl.Fc1ccc(O[C@H]2CC[C@H](c3nnc4n3-c3ccc(Cl)cc3CNC4)CC2)cc1. The van der Waals surface area contributed by atoms with E-state index in [4.69, 9.17) is 16.3 Å². The molecule has 0 bridgehead atoms. The topological polar surface area (TPSA) is 52.0 Å². The van der Waals surface area contributed by atoms with E-state index < -0.39 is 0 Å². The highest BCUT2D eigenvalue weighted by atomic mass is 35.5. The number of nitrogens with zero attached hydrogens (tertiary/aromatic N) is 3. The molecule has 0 saturated heterocycles. The number of rotatable bonds is 3. The van der Waals surface area contributed by atoms with Crippen LogP contribution >= 0.6 is 24.0 Å². The molecule has 1 fully saturated rings. The number of nitrogens with one attached hydrogen (secondary N) is 1. The summed E-state index contributed by atoms with van der Waals surface area (Å²) in [4.78, 5) is 0. The van der Waals surface area contributed by atoms with Gasteiger partial charge in [-0.3, -0.25) is 4.57 Å². The molecule has 0 spiro atoms. The van der Waals surface area contributed by atoms with Gasteiger partial charge in [0, 0.05) is 17.5 Å². The second-order valence-corrected chi connectivity index (χ2v) is 8.17. The molecule has 5 nitrogen and oxygen atoms in total. The average Bonchev–Trinajstić information content (AvgIpc) is 3.06. The molecule has 0 radical (unpaired) electrons. The first-order valence-electron chi connectivity index (χ1n) is 10.0. The summed E-state index contributed by atoms with van der Waals surface area (Å²) in [6.45, 7) is 1.44. The van der Waals surface area contributed by atoms with Crippen LogP contribution in [0.1, 0.15) is 48.8 Å². The van der Waals surface area contributed by atoms with E-state index in [1.165, 1.54) is 12.1 Å². The van der Waals surface area contributed by atoms with Crippen LogP contribution < -0.4 is 10.1 Å². The second-order valence-electron chi connectivity index (χ2n) is 7.73. The third-order valence-electron chi connectivity index (χ3n) is 5.79. The smallest absolute Gasteiger partial charge is 0.151 e. The molecule has 2 aliphatic rings. The molecule has 1 N–H and O–H groups in total. The lowest BCUT2D eigenvalue weighted by atomic mass is 9.86. The Morgan fingerprint density at radius 3 is 2.53 bits per heavy atom. The van der Waals surface area contributed by atoms with Gasteiger partial charge < -0.3 is 10.1 Å². The number of hydrogen-bond acceptors (Lipinski definition) is 4. The van der Waals surface area contributed by atoms with Gasteiger partial charge in [0.25, 0.3) is 0 Å². The molecule has 0 unspecified atom stereocenters. The number of hydrogen-bond donors (Lipinski definition) is 1. The summed E-state index contributed by atoms with van der Waals surface area (Å²) in [5, 5.41) is 13.2. The van der Waals surface area contributed by atoms with Crippen LogP contribution in [0.15, 0.2) is 42.5 Å². The summed E-state index contributed by atoms with van der Waals surface area (Å²) >= 11 is 6.21.